The van der Waals surface area contributed by atoms with E-state index < -0.39 is 36.7 Å². The molecule has 0 fully saturated rings. The molecule has 0 heterocycles. The lowest BCUT2D eigenvalue weighted by molar-refractivity contribution is -0.149. The quantitative estimate of drug-likeness (QED) is 0.462. The third kappa shape index (κ3) is 7.14. The molecule has 27 heavy (non-hydrogen) atoms. The van der Waals surface area contributed by atoms with Gasteiger partial charge < -0.3 is 14.8 Å². The first kappa shape index (κ1) is 21.1. The number of alkyl halides is 2. The van der Waals surface area contributed by atoms with Crippen molar-refractivity contribution in [1.82, 2.24) is 0 Å². The third-order valence-corrected chi connectivity index (χ3v) is 4.39. The summed E-state index contributed by atoms with van der Waals surface area (Å²) in [6.07, 6.45) is 0. The van der Waals surface area contributed by atoms with Crippen molar-refractivity contribution in [3.63, 3.8) is 0 Å². The first-order valence-corrected chi connectivity index (χ1v) is 9.09. The third-order valence-electron chi connectivity index (χ3n) is 2.98. The van der Waals surface area contributed by atoms with Crippen molar-refractivity contribution in [2.45, 2.75) is 10.7 Å². The first-order valence-electron chi connectivity index (χ1n) is 7.42. The maximum atomic E-state index is 13.0. The van der Waals surface area contributed by atoms with Gasteiger partial charge in [-0.05, 0) is 46.3 Å². The van der Waals surface area contributed by atoms with Crippen molar-refractivity contribution in [2.75, 3.05) is 18.5 Å². The predicted molar refractivity (Wildman–Crippen MR) is 97.5 cm³/mol. The Morgan fingerprint density at radius 1 is 1.15 bits per heavy atom. The fourth-order valence-electron chi connectivity index (χ4n) is 1.87. The monoisotopic (exact) mass is 463 g/mol. The number of hydrogen-bond donors (Lipinski definition) is 1. The van der Waals surface area contributed by atoms with Crippen LogP contribution in [-0.4, -0.2) is 30.8 Å². The number of halogens is 4. The summed E-state index contributed by atoms with van der Waals surface area (Å²) in [5.41, 5.74) is 0.190. The number of anilines is 1. The number of ether oxygens (including phenoxy) is 2. The summed E-state index contributed by atoms with van der Waals surface area (Å²) < 4.78 is 48.2. The number of carbonyl (C=O) groups excluding carboxylic acids is 2. The molecule has 0 atom stereocenters. The van der Waals surface area contributed by atoms with Crippen LogP contribution in [0, 0.1) is 5.82 Å². The minimum atomic E-state index is -2.64. The van der Waals surface area contributed by atoms with E-state index in [1.807, 2.05) is 0 Å². The lowest BCUT2D eigenvalue weighted by Crippen LogP contribution is -2.24. The molecule has 5 nitrogen and oxygen atoms in total. The first-order chi connectivity index (χ1) is 12.8. The van der Waals surface area contributed by atoms with Crippen LogP contribution in [0.3, 0.4) is 0 Å². The van der Waals surface area contributed by atoms with E-state index >= 15 is 0 Å². The van der Waals surface area contributed by atoms with E-state index in [2.05, 4.69) is 21.2 Å². The van der Waals surface area contributed by atoms with E-state index in [9.17, 15) is 22.8 Å². The van der Waals surface area contributed by atoms with Crippen LogP contribution in [0.25, 0.3) is 0 Å². The van der Waals surface area contributed by atoms with Crippen molar-refractivity contribution in [3.05, 3.63) is 52.8 Å². The highest BCUT2D eigenvalue weighted by atomic mass is 79.9. The molecule has 0 radical (unpaired) electrons. The van der Waals surface area contributed by atoms with E-state index in [0.717, 1.165) is 6.07 Å². The largest absolute Gasteiger partial charge is 0.481 e. The number of para-hydroxylation sites is 1. The molecule has 1 amide bonds. The highest BCUT2D eigenvalue weighted by Crippen LogP contribution is 2.31. The Hall–Kier alpha value is -2.20. The van der Waals surface area contributed by atoms with Gasteiger partial charge in [-0.2, -0.15) is 8.78 Å². The van der Waals surface area contributed by atoms with Gasteiger partial charge in [-0.15, -0.1) is 0 Å². The molecule has 2 aromatic rings. The van der Waals surface area contributed by atoms with Crippen LogP contribution in [0.2, 0.25) is 0 Å². The molecule has 0 saturated carbocycles. The highest BCUT2D eigenvalue weighted by molar-refractivity contribution is 9.10. The molecule has 10 heteroatoms. The zero-order valence-electron chi connectivity index (χ0n) is 13.6. The average molecular weight is 464 g/mol. The number of esters is 1. The molecule has 0 unspecified atom stereocenters. The normalized spacial score (nSPS) is 10.6. The summed E-state index contributed by atoms with van der Waals surface area (Å²) in [5.74, 6) is -4.39. The Bertz CT molecular complexity index is 823. The molecule has 0 aliphatic rings. The van der Waals surface area contributed by atoms with Gasteiger partial charge in [0.2, 0.25) is 0 Å². The Morgan fingerprint density at radius 3 is 2.59 bits per heavy atom. The lowest BCUT2D eigenvalue weighted by Gasteiger charge is -2.11. The SMILES string of the molecule is O=C(COC(=O)COc1ccc(F)cc1Br)Nc1ccccc1SC(F)F. The van der Waals surface area contributed by atoms with Gasteiger partial charge in [-0.3, -0.25) is 4.79 Å². The average Bonchev–Trinajstić information content (AvgIpc) is 2.60. The van der Waals surface area contributed by atoms with Gasteiger partial charge >= 0.3 is 5.97 Å². The van der Waals surface area contributed by atoms with Crippen LogP contribution in [0.15, 0.2) is 51.8 Å². The molecule has 0 aliphatic heterocycles. The van der Waals surface area contributed by atoms with Crippen LogP contribution in [0.5, 0.6) is 5.75 Å². The number of benzene rings is 2. The van der Waals surface area contributed by atoms with E-state index in [4.69, 9.17) is 9.47 Å². The van der Waals surface area contributed by atoms with Gasteiger partial charge in [0.15, 0.2) is 13.2 Å². The zero-order valence-corrected chi connectivity index (χ0v) is 16.0. The number of hydrogen-bond acceptors (Lipinski definition) is 5. The highest BCUT2D eigenvalue weighted by Gasteiger charge is 2.14. The molecular formula is C17H13BrF3NO4S. The van der Waals surface area contributed by atoms with Gasteiger partial charge in [0.1, 0.15) is 11.6 Å². The molecule has 0 bridgehead atoms. The summed E-state index contributed by atoms with van der Waals surface area (Å²) in [5, 5.41) is 2.40. The van der Waals surface area contributed by atoms with E-state index in [0.29, 0.717) is 16.2 Å². The second-order valence-electron chi connectivity index (χ2n) is 4.95. The molecule has 2 rings (SSSR count). The minimum absolute atomic E-state index is 0.190. The fraction of sp³-hybridized carbons (Fsp3) is 0.176. The van der Waals surface area contributed by atoms with Crippen molar-refractivity contribution in [2.24, 2.45) is 0 Å². The molecule has 0 aliphatic carbocycles. The topological polar surface area (TPSA) is 64.6 Å². The standard InChI is InChI=1S/C17H13BrF3NO4S/c18-11-7-10(19)5-6-13(11)25-9-16(24)26-8-15(23)22-12-3-1-2-4-14(12)27-17(20)21/h1-7,17H,8-9H2,(H,22,23). The Balaban J connectivity index is 1.81. The predicted octanol–water partition coefficient (Wildman–Crippen LogP) is 4.46. The summed E-state index contributed by atoms with van der Waals surface area (Å²) in [6, 6.07) is 9.69. The molecule has 144 valence electrons. The lowest BCUT2D eigenvalue weighted by atomic mass is 10.3. The molecule has 0 aromatic heterocycles. The van der Waals surface area contributed by atoms with Crippen LogP contribution >= 0.6 is 27.7 Å². The maximum absolute atomic E-state index is 13.0. The van der Waals surface area contributed by atoms with E-state index in [1.165, 1.54) is 24.3 Å². The Labute approximate surface area is 165 Å². The summed E-state index contributed by atoms with van der Waals surface area (Å²) in [4.78, 5) is 23.7. The molecule has 2 aromatic carbocycles. The van der Waals surface area contributed by atoms with E-state index in [1.54, 1.807) is 12.1 Å². The second kappa shape index (κ2) is 10.2. The van der Waals surface area contributed by atoms with Crippen LogP contribution in [-0.2, 0) is 14.3 Å². The fourth-order valence-corrected chi connectivity index (χ4v) is 2.93. The Morgan fingerprint density at radius 2 is 1.89 bits per heavy atom. The van der Waals surface area contributed by atoms with Crippen LogP contribution in [0.1, 0.15) is 0 Å². The molecule has 1 N–H and O–H groups in total. The Kier molecular flexibility index (Phi) is 7.99. The minimum Gasteiger partial charge on any atom is -0.481 e. The van der Waals surface area contributed by atoms with Gasteiger partial charge in [-0.25, -0.2) is 9.18 Å². The van der Waals surface area contributed by atoms with Crippen molar-refractivity contribution in [3.8, 4) is 5.75 Å². The molecule has 0 spiro atoms. The molecular weight excluding hydrogens is 451 g/mol. The summed E-state index contributed by atoms with van der Waals surface area (Å²) >= 11 is 3.38. The van der Waals surface area contributed by atoms with Crippen molar-refractivity contribution >= 4 is 45.3 Å². The van der Waals surface area contributed by atoms with Crippen molar-refractivity contribution in [1.29, 1.82) is 0 Å². The van der Waals surface area contributed by atoms with Gasteiger partial charge in [0.25, 0.3) is 11.7 Å². The zero-order chi connectivity index (χ0) is 19.8. The maximum Gasteiger partial charge on any atom is 0.344 e. The molecule has 0 saturated heterocycles. The van der Waals surface area contributed by atoms with Crippen LogP contribution in [0.4, 0.5) is 18.9 Å². The van der Waals surface area contributed by atoms with E-state index in [-0.39, 0.29) is 16.3 Å². The number of thioether (sulfide) groups is 1. The smallest absolute Gasteiger partial charge is 0.344 e. The summed E-state index contributed by atoms with van der Waals surface area (Å²) in [6.45, 7) is -1.10. The van der Waals surface area contributed by atoms with Crippen LogP contribution < -0.4 is 10.1 Å². The van der Waals surface area contributed by atoms with Crippen molar-refractivity contribution < 1.29 is 32.2 Å². The van der Waals surface area contributed by atoms with Gasteiger partial charge in [0, 0.05) is 4.90 Å². The second-order valence-corrected chi connectivity index (χ2v) is 6.83. The van der Waals surface area contributed by atoms with Gasteiger partial charge in [0.05, 0.1) is 10.2 Å². The number of rotatable bonds is 8. The van der Waals surface area contributed by atoms with Gasteiger partial charge in [-0.1, -0.05) is 23.9 Å². The number of nitrogens with one attached hydrogen (secondary N) is 1. The number of amides is 1. The summed E-state index contributed by atoms with van der Waals surface area (Å²) in [7, 11) is 0. The number of carbonyl (C=O) groups is 2.